The molecule has 7 heteroatoms. The summed E-state index contributed by atoms with van der Waals surface area (Å²) in [6.45, 7) is 1.97. The number of rotatable bonds is 6. The van der Waals surface area contributed by atoms with Crippen LogP contribution in [-0.2, 0) is 19.9 Å². The minimum atomic E-state index is -3.97. The highest BCUT2D eigenvalue weighted by Gasteiger charge is 2.36. The first-order valence-corrected chi connectivity index (χ1v) is 11.4. The normalized spacial score (nSPS) is 16.6. The Bertz CT molecular complexity index is 976. The van der Waals surface area contributed by atoms with E-state index < -0.39 is 19.9 Å². The highest BCUT2D eigenvalue weighted by molar-refractivity contribution is 7.93. The fourth-order valence-electron chi connectivity index (χ4n) is 2.85. The molecule has 1 N–H and O–H groups in total. The number of sulfone groups is 1. The molecule has 5 nitrogen and oxygen atoms in total. The van der Waals surface area contributed by atoms with Crippen molar-refractivity contribution in [3.63, 3.8) is 0 Å². The molecule has 0 bridgehead atoms. The third-order valence-corrected chi connectivity index (χ3v) is 7.13. The van der Waals surface area contributed by atoms with Crippen molar-refractivity contribution < 1.29 is 16.8 Å². The van der Waals surface area contributed by atoms with Crippen molar-refractivity contribution in [2.75, 3.05) is 6.26 Å². The summed E-state index contributed by atoms with van der Waals surface area (Å²) in [5.74, 6) is 0.239. The molecule has 2 aromatic carbocycles. The van der Waals surface area contributed by atoms with E-state index >= 15 is 0 Å². The maximum absolute atomic E-state index is 12.9. The second kappa shape index (κ2) is 6.55. The second-order valence-corrected chi connectivity index (χ2v) is 10.2. The predicted octanol–water partition coefficient (Wildman–Crippen LogP) is 2.83. The van der Waals surface area contributed by atoms with Crippen molar-refractivity contribution in [1.29, 1.82) is 0 Å². The lowest BCUT2D eigenvalue weighted by atomic mass is 10.0. The summed E-state index contributed by atoms with van der Waals surface area (Å²) in [7, 11) is -7.61. The SMILES string of the molecule is Cc1ccc(C(NS(=O)(=O)c2ccccc2S(C)(=O)=O)C2CC2)cc1. The Morgan fingerprint density at radius 1 is 0.920 bits per heavy atom. The van der Waals surface area contributed by atoms with E-state index in [9.17, 15) is 16.8 Å². The maximum atomic E-state index is 12.9. The number of nitrogens with one attached hydrogen (secondary N) is 1. The molecule has 0 saturated heterocycles. The molecule has 134 valence electrons. The standard InChI is InChI=1S/C18H21NO4S2/c1-13-7-9-14(10-8-13)18(15-11-12-15)19-25(22,23)17-6-4-3-5-16(17)24(2,20)21/h3-10,15,18-19H,11-12H2,1-2H3. The fraction of sp³-hybridized carbons (Fsp3) is 0.333. The van der Waals surface area contributed by atoms with Gasteiger partial charge >= 0.3 is 0 Å². The van der Waals surface area contributed by atoms with Crippen LogP contribution in [0.1, 0.15) is 30.0 Å². The Morgan fingerprint density at radius 3 is 2.00 bits per heavy atom. The second-order valence-electron chi connectivity index (χ2n) is 6.57. The van der Waals surface area contributed by atoms with Crippen molar-refractivity contribution in [3.05, 3.63) is 59.7 Å². The zero-order valence-corrected chi connectivity index (χ0v) is 15.8. The van der Waals surface area contributed by atoms with Crippen LogP contribution in [-0.4, -0.2) is 23.1 Å². The summed E-state index contributed by atoms with van der Waals surface area (Å²) in [4.78, 5) is -0.379. The minimum absolute atomic E-state index is 0.180. The van der Waals surface area contributed by atoms with Gasteiger partial charge in [0.05, 0.1) is 4.90 Å². The molecule has 3 rings (SSSR count). The van der Waals surface area contributed by atoms with Gasteiger partial charge in [0.1, 0.15) is 4.90 Å². The zero-order valence-electron chi connectivity index (χ0n) is 14.1. The lowest BCUT2D eigenvalue weighted by molar-refractivity contribution is 0.526. The topological polar surface area (TPSA) is 80.3 Å². The highest BCUT2D eigenvalue weighted by atomic mass is 32.2. The fourth-order valence-corrected chi connectivity index (χ4v) is 5.77. The summed E-state index contributed by atoms with van der Waals surface area (Å²) in [5, 5.41) is 0. The van der Waals surface area contributed by atoms with Crippen LogP contribution in [0.25, 0.3) is 0 Å². The summed E-state index contributed by atoms with van der Waals surface area (Å²) >= 11 is 0. The summed E-state index contributed by atoms with van der Waals surface area (Å²) in [6.07, 6.45) is 2.92. The van der Waals surface area contributed by atoms with Crippen molar-refractivity contribution >= 4 is 19.9 Å². The van der Waals surface area contributed by atoms with Crippen molar-refractivity contribution in [2.45, 2.75) is 35.6 Å². The van der Waals surface area contributed by atoms with Gasteiger partial charge in [0, 0.05) is 12.3 Å². The molecule has 0 heterocycles. The van der Waals surface area contributed by atoms with Crippen LogP contribution < -0.4 is 4.72 Å². The number of aryl methyl sites for hydroxylation is 1. The molecule has 0 radical (unpaired) electrons. The molecule has 1 aliphatic rings. The predicted molar refractivity (Wildman–Crippen MR) is 96.5 cm³/mol. The highest BCUT2D eigenvalue weighted by Crippen LogP contribution is 2.42. The van der Waals surface area contributed by atoms with Crippen LogP contribution in [0.4, 0.5) is 0 Å². The minimum Gasteiger partial charge on any atom is -0.224 e. The Morgan fingerprint density at radius 2 is 1.48 bits per heavy atom. The Balaban J connectivity index is 1.99. The van der Waals surface area contributed by atoms with Crippen molar-refractivity contribution in [3.8, 4) is 0 Å². The largest absolute Gasteiger partial charge is 0.242 e. The Kier molecular flexibility index (Phi) is 4.74. The summed E-state index contributed by atoms with van der Waals surface area (Å²) < 4.78 is 52.4. The number of hydrogen-bond acceptors (Lipinski definition) is 4. The maximum Gasteiger partial charge on any atom is 0.242 e. The molecule has 0 aromatic heterocycles. The summed E-state index contributed by atoms with van der Waals surface area (Å²) in [5.41, 5.74) is 2.00. The molecule has 2 aromatic rings. The number of sulfonamides is 1. The van der Waals surface area contributed by atoms with Crippen LogP contribution in [0.5, 0.6) is 0 Å². The number of benzene rings is 2. The van der Waals surface area contributed by atoms with Crippen LogP contribution in [0.3, 0.4) is 0 Å². The third-order valence-electron chi connectivity index (χ3n) is 4.35. The monoisotopic (exact) mass is 379 g/mol. The molecule has 1 atom stereocenters. The van der Waals surface area contributed by atoms with E-state index in [0.29, 0.717) is 0 Å². The smallest absolute Gasteiger partial charge is 0.224 e. The van der Waals surface area contributed by atoms with Gasteiger partial charge < -0.3 is 0 Å². The van der Waals surface area contributed by atoms with Crippen LogP contribution in [0.15, 0.2) is 58.3 Å². The zero-order chi connectivity index (χ0) is 18.2. The van der Waals surface area contributed by atoms with Crippen LogP contribution in [0.2, 0.25) is 0 Å². The average Bonchev–Trinajstić information content (AvgIpc) is 3.38. The van der Waals surface area contributed by atoms with Crippen molar-refractivity contribution in [2.24, 2.45) is 5.92 Å². The lowest BCUT2D eigenvalue weighted by Crippen LogP contribution is -2.31. The van der Waals surface area contributed by atoms with E-state index in [1.807, 2.05) is 31.2 Å². The molecule has 1 fully saturated rings. The molecule has 1 aliphatic carbocycles. The van der Waals surface area contributed by atoms with Gasteiger partial charge in [-0.3, -0.25) is 0 Å². The van der Waals surface area contributed by atoms with E-state index in [-0.39, 0.29) is 21.8 Å². The molecule has 0 aliphatic heterocycles. The van der Waals surface area contributed by atoms with Gasteiger partial charge in [-0.15, -0.1) is 0 Å². The summed E-state index contributed by atoms with van der Waals surface area (Å²) in [6, 6.07) is 13.1. The first kappa shape index (κ1) is 18.1. The van der Waals surface area contributed by atoms with Gasteiger partial charge in [-0.1, -0.05) is 42.0 Å². The molecular formula is C18H21NO4S2. The van der Waals surface area contributed by atoms with E-state index in [1.165, 1.54) is 24.3 Å². The van der Waals surface area contributed by atoms with Gasteiger partial charge in [-0.2, -0.15) is 0 Å². The first-order chi connectivity index (χ1) is 11.7. The van der Waals surface area contributed by atoms with Gasteiger partial charge in [0.2, 0.25) is 10.0 Å². The van der Waals surface area contributed by atoms with Crippen molar-refractivity contribution in [1.82, 2.24) is 4.72 Å². The van der Waals surface area contributed by atoms with Gasteiger partial charge in [0.25, 0.3) is 0 Å². The van der Waals surface area contributed by atoms with Crippen LogP contribution >= 0.6 is 0 Å². The molecule has 0 spiro atoms. The molecule has 1 saturated carbocycles. The third kappa shape index (κ3) is 4.11. The van der Waals surface area contributed by atoms with E-state index in [4.69, 9.17) is 0 Å². The van der Waals surface area contributed by atoms with E-state index in [0.717, 1.165) is 30.2 Å². The number of hydrogen-bond donors (Lipinski definition) is 1. The Labute approximate surface area is 149 Å². The Hall–Kier alpha value is -1.70. The van der Waals surface area contributed by atoms with Gasteiger partial charge in [0.15, 0.2) is 9.84 Å². The average molecular weight is 380 g/mol. The molecule has 0 amide bonds. The quantitative estimate of drug-likeness (QED) is 0.837. The molecular weight excluding hydrogens is 358 g/mol. The first-order valence-electron chi connectivity index (χ1n) is 8.06. The van der Waals surface area contributed by atoms with E-state index in [2.05, 4.69) is 4.72 Å². The molecule has 1 unspecified atom stereocenters. The van der Waals surface area contributed by atoms with Crippen LogP contribution in [0, 0.1) is 12.8 Å². The van der Waals surface area contributed by atoms with E-state index in [1.54, 1.807) is 0 Å². The molecule has 25 heavy (non-hydrogen) atoms. The van der Waals surface area contributed by atoms with Gasteiger partial charge in [-0.05, 0) is 43.4 Å². The lowest BCUT2D eigenvalue weighted by Gasteiger charge is -2.20. The van der Waals surface area contributed by atoms with Gasteiger partial charge in [-0.25, -0.2) is 21.6 Å².